The number of methoxy groups -OCH3 is 1. The van der Waals surface area contributed by atoms with Crippen molar-refractivity contribution in [1.29, 1.82) is 0 Å². The maximum absolute atomic E-state index is 11.1. The van der Waals surface area contributed by atoms with E-state index in [9.17, 15) is 14.9 Å². The predicted octanol–water partition coefficient (Wildman–Crippen LogP) is 3.59. The van der Waals surface area contributed by atoms with Gasteiger partial charge in [0.05, 0.1) is 22.5 Å². The molecule has 0 atom stereocenters. The largest absolute Gasteiger partial charge is 0.497 e. The van der Waals surface area contributed by atoms with Gasteiger partial charge in [-0.25, -0.2) is 4.79 Å². The van der Waals surface area contributed by atoms with Crippen molar-refractivity contribution in [3.05, 3.63) is 63.7 Å². The second-order valence-corrected chi connectivity index (χ2v) is 5.40. The number of nitro groups is 1. The third-order valence-electron chi connectivity index (χ3n) is 2.96. The van der Waals surface area contributed by atoms with Crippen molar-refractivity contribution in [2.45, 2.75) is 10.6 Å². The summed E-state index contributed by atoms with van der Waals surface area (Å²) in [6.45, 7) is 0. The normalized spacial score (nSPS) is 10.2. The number of carboxylic acid groups (broad SMARTS) is 1. The van der Waals surface area contributed by atoms with Crippen LogP contribution in [0.4, 0.5) is 5.69 Å². The summed E-state index contributed by atoms with van der Waals surface area (Å²) in [7, 11) is 1.58. The molecule has 0 fully saturated rings. The molecular weight excluding hydrogens is 306 g/mol. The second-order valence-electron chi connectivity index (χ2n) is 4.38. The Morgan fingerprint density at radius 3 is 2.50 bits per heavy atom. The van der Waals surface area contributed by atoms with Crippen molar-refractivity contribution in [2.24, 2.45) is 0 Å². The first-order valence-electron chi connectivity index (χ1n) is 6.28. The molecule has 0 amide bonds. The lowest BCUT2D eigenvalue weighted by Gasteiger charge is -2.05. The Kier molecular flexibility index (Phi) is 5.00. The van der Waals surface area contributed by atoms with E-state index in [0.29, 0.717) is 10.6 Å². The first-order valence-corrected chi connectivity index (χ1v) is 7.27. The summed E-state index contributed by atoms with van der Waals surface area (Å²) in [5.41, 5.74) is 0.696. The quantitative estimate of drug-likeness (QED) is 0.497. The third-order valence-corrected chi connectivity index (χ3v) is 4.09. The van der Waals surface area contributed by atoms with Gasteiger partial charge in [0.15, 0.2) is 0 Å². The van der Waals surface area contributed by atoms with Crippen LogP contribution in [0.3, 0.4) is 0 Å². The second kappa shape index (κ2) is 6.95. The molecule has 0 radical (unpaired) electrons. The van der Waals surface area contributed by atoms with Crippen molar-refractivity contribution in [3.8, 4) is 5.75 Å². The van der Waals surface area contributed by atoms with E-state index in [2.05, 4.69) is 0 Å². The number of carboxylic acids is 1. The van der Waals surface area contributed by atoms with E-state index in [-0.39, 0.29) is 11.3 Å². The van der Waals surface area contributed by atoms with Crippen molar-refractivity contribution in [1.82, 2.24) is 0 Å². The van der Waals surface area contributed by atoms with Crippen LogP contribution in [0.15, 0.2) is 47.4 Å². The summed E-state index contributed by atoms with van der Waals surface area (Å²) in [4.78, 5) is 21.8. The maximum atomic E-state index is 11.1. The van der Waals surface area contributed by atoms with Crippen LogP contribution in [-0.2, 0) is 5.75 Å². The van der Waals surface area contributed by atoms with Gasteiger partial charge in [0, 0.05) is 11.8 Å². The number of aromatic carboxylic acids is 1. The number of hydrogen-bond donors (Lipinski definition) is 1. The first-order chi connectivity index (χ1) is 10.5. The van der Waals surface area contributed by atoms with Gasteiger partial charge in [0.1, 0.15) is 5.75 Å². The Morgan fingerprint density at radius 2 is 1.95 bits per heavy atom. The third kappa shape index (κ3) is 3.76. The minimum atomic E-state index is -1.19. The molecule has 0 aliphatic heterocycles. The number of carbonyl (C=O) groups is 1. The van der Waals surface area contributed by atoms with Crippen LogP contribution in [0.25, 0.3) is 0 Å². The van der Waals surface area contributed by atoms with Crippen LogP contribution in [-0.4, -0.2) is 23.1 Å². The fourth-order valence-corrected chi connectivity index (χ4v) is 2.76. The van der Waals surface area contributed by atoms with Crippen LogP contribution in [0.2, 0.25) is 0 Å². The van der Waals surface area contributed by atoms with Gasteiger partial charge < -0.3 is 9.84 Å². The molecule has 0 aliphatic carbocycles. The highest BCUT2D eigenvalue weighted by Gasteiger charge is 2.17. The van der Waals surface area contributed by atoms with Gasteiger partial charge in [-0.15, -0.1) is 11.8 Å². The Labute approximate surface area is 130 Å². The highest BCUT2D eigenvalue weighted by molar-refractivity contribution is 7.98. The van der Waals surface area contributed by atoms with Crippen LogP contribution in [0.1, 0.15) is 15.9 Å². The fourth-order valence-electron chi connectivity index (χ4n) is 1.80. The number of nitrogens with zero attached hydrogens (tertiary/aromatic N) is 1. The molecule has 2 rings (SSSR count). The Morgan fingerprint density at radius 1 is 1.27 bits per heavy atom. The monoisotopic (exact) mass is 319 g/mol. The van der Waals surface area contributed by atoms with E-state index >= 15 is 0 Å². The van der Waals surface area contributed by atoms with Crippen molar-refractivity contribution in [3.63, 3.8) is 0 Å². The molecule has 0 unspecified atom stereocenters. The summed E-state index contributed by atoms with van der Waals surface area (Å²) in [5, 5.41) is 20.0. The average molecular weight is 319 g/mol. The molecule has 0 bridgehead atoms. The van der Waals surface area contributed by atoms with E-state index < -0.39 is 10.9 Å². The maximum Gasteiger partial charge on any atom is 0.335 e. The number of thioether (sulfide) groups is 1. The number of nitro benzene ring substituents is 1. The molecule has 22 heavy (non-hydrogen) atoms. The fraction of sp³-hybridized carbons (Fsp3) is 0.133. The van der Waals surface area contributed by atoms with E-state index in [1.54, 1.807) is 7.11 Å². The molecule has 0 spiro atoms. The molecular formula is C15H13NO5S. The molecule has 1 N–H and O–H groups in total. The molecule has 114 valence electrons. The van der Waals surface area contributed by atoms with E-state index in [1.165, 1.54) is 23.9 Å². The van der Waals surface area contributed by atoms with E-state index in [0.717, 1.165) is 17.4 Å². The average Bonchev–Trinajstić information content (AvgIpc) is 2.53. The van der Waals surface area contributed by atoms with Crippen molar-refractivity contribution < 1.29 is 19.6 Å². The Bertz CT molecular complexity index is 700. The lowest BCUT2D eigenvalue weighted by atomic mass is 10.2. The zero-order valence-corrected chi connectivity index (χ0v) is 12.5. The summed E-state index contributed by atoms with van der Waals surface area (Å²) in [6, 6.07) is 11.3. The Balaban J connectivity index is 2.17. The SMILES string of the molecule is COc1ccc(CSc2ccc(C(=O)O)cc2[N+](=O)[O-])cc1. The number of ether oxygens (including phenoxy) is 1. The first kappa shape index (κ1) is 15.8. The molecule has 7 heteroatoms. The highest BCUT2D eigenvalue weighted by Crippen LogP contribution is 2.32. The van der Waals surface area contributed by atoms with Crippen LogP contribution < -0.4 is 4.74 Å². The van der Waals surface area contributed by atoms with Gasteiger partial charge in [-0.3, -0.25) is 10.1 Å². The molecule has 0 heterocycles. The predicted molar refractivity (Wildman–Crippen MR) is 82.6 cm³/mol. The van der Waals surface area contributed by atoms with Gasteiger partial charge in [-0.05, 0) is 29.8 Å². The molecule has 2 aromatic rings. The van der Waals surface area contributed by atoms with Gasteiger partial charge in [0.25, 0.3) is 5.69 Å². The minimum absolute atomic E-state index is 0.0968. The number of rotatable bonds is 6. The molecule has 2 aromatic carbocycles. The van der Waals surface area contributed by atoms with E-state index in [1.807, 2.05) is 24.3 Å². The molecule has 0 saturated heterocycles. The van der Waals surface area contributed by atoms with E-state index in [4.69, 9.17) is 9.84 Å². The minimum Gasteiger partial charge on any atom is -0.497 e. The van der Waals surface area contributed by atoms with Crippen LogP contribution in [0, 0.1) is 10.1 Å². The van der Waals surface area contributed by atoms with Crippen LogP contribution >= 0.6 is 11.8 Å². The standard InChI is InChI=1S/C15H13NO5S/c1-21-12-5-2-10(3-6-12)9-22-14-7-4-11(15(17)18)8-13(14)16(19)20/h2-8H,9H2,1H3,(H,17,18). The lowest BCUT2D eigenvalue weighted by molar-refractivity contribution is -0.387. The molecule has 6 nitrogen and oxygen atoms in total. The molecule has 0 aliphatic rings. The summed E-state index contributed by atoms with van der Waals surface area (Å²) in [5.74, 6) is 0.0948. The Hall–Kier alpha value is -2.54. The summed E-state index contributed by atoms with van der Waals surface area (Å²) < 4.78 is 5.07. The van der Waals surface area contributed by atoms with Gasteiger partial charge in [-0.1, -0.05) is 12.1 Å². The summed E-state index contributed by atoms with van der Waals surface area (Å²) >= 11 is 1.29. The molecule has 0 aromatic heterocycles. The van der Waals surface area contributed by atoms with Crippen molar-refractivity contribution in [2.75, 3.05) is 7.11 Å². The topological polar surface area (TPSA) is 89.7 Å². The number of benzene rings is 2. The summed E-state index contributed by atoms with van der Waals surface area (Å²) in [6.07, 6.45) is 0. The van der Waals surface area contributed by atoms with Gasteiger partial charge in [-0.2, -0.15) is 0 Å². The zero-order chi connectivity index (χ0) is 16.1. The zero-order valence-electron chi connectivity index (χ0n) is 11.7. The van der Waals surface area contributed by atoms with Crippen molar-refractivity contribution >= 4 is 23.4 Å². The van der Waals surface area contributed by atoms with Gasteiger partial charge in [0.2, 0.25) is 0 Å². The lowest BCUT2D eigenvalue weighted by Crippen LogP contribution is -1.99. The van der Waals surface area contributed by atoms with Gasteiger partial charge >= 0.3 is 5.97 Å². The number of hydrogen-bond acceptors (Lipinski definition) is 5. The highest BCUT2D eigenvalue weighted by atomic mass is 32.2. The molecule has 0 saturated carbocycles. The smallest absolute Gasteiger partial charge is 0.335 e. The van der Waals surface area contributed by atoms with Crippen LogP contribution in [0.5, 0.6) is 5.75 Å².